The molecule has 1 aliphatic carbocycles. The van der Waals surface area contributed by atoms with E-state index in [1.165, 1.54) is 66.4 Å². The van der Waals surface area contributed by atoms with E-state index in [1.807, 2.05) is 0 Å². The van der Waals surface area contributed by atoms with Crippen molar-refractivity contribution in [2.24, 2.45) is 0 Å². The van der Waals surface area contributed by atoms with Gasteiger partial charge in [-0.2, -0.15) is 0 Å². The number of hydrogen-bond donors (Lipinski definition) is 0. The predicted octanol–water partition coefficient (Wildman–Crippen LogP) is 8.95. The van der Waals surface area contributed by atoms with Gasteiger partial charge >= 0.3 is 0 Å². The molecule has 0 amide bonds. The molecule has 0 bridgehead atoms. The highest BCUT2D eigenvalue weighted by atomic mass is 14.3. The molecule has 0 spiro atoms. The highest BCUT2D eigenvalue weighted by Crippen LogP contribution is 2.54. The third-order valence-corrected chi connectivity index (χ3v) is 7.03. The fourth-order valence-electron chi connectivity index (χ4n) is 5.55. The molecule has 0 radical (unpaired) electrons. The van der Waals surface area contributed by atoms with E-state index < -0.39 is 0 Å². The largest absolute Gasteiger partial charge is 0.0620 e. The molecular weight excluding hydrogens is 384 g/mol. The molecule has 0 aromatic heterocycles. The number of aryl methyl sites for hydroxylation is 2. The van der Waals surface area contributed by atoms with Gasteiger partial charge < -0.3 is 0 Å². The minimum Gasteiger partial charge on any atom is -0.0620 e. The van der Waals surface area contributed by atoms with Gasteiger partial charge in [-0.3, -0.25) is 0 Å². The Bertz CT molecular complexity index is 1380. The lowest BCUT2D eigenvalue weighted by atomic mass is 9.85. The van der Waals surface area contributed by atoms with Crippen LogP contribution in [0.1, 0.15) is 25.0 Å². The molecule has 0 nitrogen and oxygen atoms in total. The summed E-state index contributed by atoms with van der Waals surface area (Å²) in [6.45, 7) is 4.50. The van der Waals surface area contributed by atoms with Crippen LogP contribution in [0.2, 0.25) is 0 Å². The number of fused-ring (bicyclic) bond motifs is 3. The minimum atomic E-state index is 1.03. The fourth-order valence-corrected chi connectivity index (χ4v) is 5.55. The van der Waals surface area contributed by atoms with Gasteiger partial charge in [-0.25, -0.2) is 0 Å². The second kappa shape index (κ2) is 7.50. The van der Waals surface area contributed by atoms with Crippen molar-refractivity contribution in [3.63, 3.8) is 0 Å². The van der Waals surface area contributed by atoms with Crippen LogP contribution in [0.3, 0.4) is 0 Å². The first-order valence-corrected chi connectivity index (χ1v) is 11.7. The lowest BCUT2D eigenvalue weighted by Gasteiger charge is -2.18. The van der Waals surface area contributed by atoms with Crippen LogP contribution in [0.15, 0.2) is 97.1 Å². The van der Waals surface area contributed by atoms with E-state index in [-0.39, 0.29) is 0 Å². The first kappa shape index (κ1) is 19.1. The summed E-state index contributed by atoms with van der Waals surface area (Å²) in [6, 6.07) is 36.0. The van der Waals surface area contributed by atoms with Gasteiger partial charge in [-0.05, 0) is 79.2 Å². The van der Waals surface area contributed by atoms with E-state index in [4.69, 9.17) is 0 Å². The van der Waals surface area contributed by atoms with Gasteiger partial charge in [0.25, 0.3) is 0 Å². The van der Waals surface area contributed by atoms with E-state index in [9.17, 15) is 0 Å². The maximum Gasteiger partial charge on any atom is -0.00138 e. The molecular formula is C32H26. The molecule has 6 rings (SSSR count). The lowest BCUT2D eigenvalue weighted by molar-refractivity contribution is 1.14. The smallest absolute Gasteiger partial charge is 0.00138 e. The lowest BCUT2D eigenvalue weighted by Crippen LogP contribution is -1.94. The summed E-state index contributed by atoms with van der Waals surface area (Å²) in [6.07, 6.45) is 2.06. The van der Waals surface area contributed by atoms with E-state index >= 15 is 0 Å². The Morgan fingerprint density at radius 1 is 0.406 bits per heavy atom. The Labute approximate surface area is 190 Å². The molecule has 0 fully saturated rings. The van der Waals surface area contributed by atoms with Crippen LogP contribution in [0.5, 0.6) is 0 Å². The standard InChI is InChI=1S/C32H26/c1-3-21-11-5-7-15-24(21)26-19-20-27(25-16-8-6-12-22(25)4-2)32-29-18-10-14-23-13-9-17-28(30(23)29)31(26)32/h5-20H,3-4H2,1-2H3. The fraction of sp³-hybridized carbons (Fsp3) is 0.125. The molecule has 1 aliphatic rings. The predicted molar refractivity (Wildman–Crippen MR) is 138 cm³/mol. The van der Waals surface area contributed by atoms with Crippen molar-refractivity contribution in [2.75, 3.05) is 0 Å². The number of benzene rings is 5. The van der Waals surface area contributed by atoms with Gasteiger partial charge in [-0.1, -0.05) is 111 Å². The van der Waals surface area contributed by atoms with Crippen molar-refractivity contribution in [3.05, 3.63) is 108 Å². The minimum absolute atomic E-state index is 1.03. The molecule has 0 unspecified atom stereocenters. The van der Waals surface area contributed by atoms with Gasteiger partial charge in [0.1, 0.15) is 0 Å². The normalized spacial score (nSPS) is 11.7. The second-order valence-corrected chi connectivity index (χ2v) is 8.64. The molecule has 5 aromatic carbocycles. The van der Waals surface area contributed by atoms with Crippen LogP contribution in [-0.2, 0) is 12.8 Å². The zero-order valence-electron chi connectivity index (χ0n) is 18.7. The molecule has 154 valence electrons. The van der Waals surface area contributed by atoms with E-state index in [0.717, 1.165) is 12.8 Å². The zero-order valence-corrected chi connectivity index (χ0v) is 18.7. The third-order valence-electron chi connectivity index (χ3n) is 7.03. The SMILES string of the molecule is CCc1ccccc1-c1ccc(-c2ccccc2CC)c2c1-c1cccc3cccc-2c13. The van der Waals surface area contributed by atoms with E-state index in [0.29, 0.717) is 0 Å². The van der Waals surface area contributed by atoms with E-state index in [2.05, 4.69) is 111 Å². The Balaban J connectivity index is 1.76. The second-order valence-electron chi connectivity index (χ2n) is 8.64. The first-order valence-electron chi connectivity index (χ1n) is 11.7. The number of rotatable bonds is 4. The van der Waals surface area contributed by atoms with Crippen molar-refractivity contribution in [2.45, 2.75) is 26.7 Å². The monoisotopic (exact) mass is 410 g/mol. The first-order chi connectivity index (χ1) is 15.8. The van der Waals surface area contributed by atoms with Crippen molar-refractivity contribution >= 4 is 10.8 Å². The van der Waals surface area contributed by atoms with Crippen molar-refractivity contribution in [3.8, 4) is 44.5 Å². The third kappa shape index (κ3) is 2.69. The maximum absolute atomic E-state index is 2.36. The van der Waals surface area contributed by atoms with Gasteiger partial charge in [0.15, 0.2) is 0 Å². The molecule has 0 heteroatoms. The van der Waals surface area contributed by atoms with Crippen molar-refractivity contribution in [1.82, 2.24) is 0 Å². The van der Waals surface area contributed by atoms with Crippen LogP contribution in [0.4, 0.5) is 0 Å². The summed E-state index contributed by atoms with van der Waals surface area (Å²) in [5.41, 5.74) is 13.7. The topological polar surface area (TPSA) is 0 Å². The highest BCUT2D eigenvalue weighted by Gasteiger charge is 2.28. The van der Waals surface area contributed by atoms with Crippen LogP contribution < -0.4 is 0 Å². The quantitative estimate of drug-likeness (QED) is 0.272. The summed E-state index contributed by atoms with van der Waals surface area (Å²) in [4.78, 5) is 0. The van der Waals surface area contributed by atoms with Crippen molar-refractivity contribution in [1.29, 1.82) is 0 Å². The van der Waals surface area contributed by atoms with Gasteiger partial charge in [0.2, 0.25) is 0 Å². The molecule has 0 heterocycles. The summed E-state index contributed by atoms with van der Waals surface area (Å²) >= 11 is 0. The molecule has 0 saturated carbocycles. The average molecular weight is 411 g/mol. The Kier molecular flexibility index (Phi) is 4.47. The number of hydrogen-bond acceptors (Lipinski definition) is 0. The Morgan fingerprint density at radius 3 is 1.31 bits per heavy atom. The molecule has 0 atom stereocenters. The molecule has 5 aromatic rings. The van der Waals surface area contributed by atoms with Gasteiger partial charge in [0, 0.05) is 0 Å². The highest BCUT2D eigenvalue weighted by molar-refractivity contribution is 6.21. The van der Waals surface area contributed by atoms with E-state index in [1.54, 1.807) is 0 Å². The van der Waals surface area contributed by atoms with Crippen LogP contribution in [0, 0.1) is 0 Å². The van der Waals surface area contributed by atoms with Gasteiger partial charge in [-0.15, -0.1) is 0 Å². The van der Waals surface area contributed by atoms with Crippen molar-refractivity contribution < 1.29 is 0 Å². The molecule has 0 saturated heterocycles. The summed E-state index contributed by atoms with van der Waals surface area (Å²) in [7, 11) is 0. The molecule has 0 aliphatic heterocycles. The molecule has 32 heavy (non-hydrogen) atoms. The summed E-state index contributed by atoms with van der Waals surface area (Å²) in [5, 5.41) is 2.71. The average Bonchev–Trinajstić information content (AvgIpc) is 3.20. The zero-order chi connectivity index (χ0) is 21.7. The van der Waals surface area contributed by atoms with Crippen LogP contribution in [0.25, 0.3) is 55.3 Å². The molecule has 0 N–H and O–H groups in total. The summed E-state index contributed by atoms with van der Waals surface area (Å²) in [5.74, 6) is 0. The Hall–Kier alpha value is -3.64. The van der Waals surface area contributed by atoms with Crippen LogP contribution >= 0.6 is 0 Å². The Morgan fingerprint density at radius 2 is 0.844 bits per heavy atom. The summed E-state index contributed by atoms with van der Waals surface area (Å²) < 4.78 is 0. The van der Waals surface area contributed by atoms with Gasteiger partial charge in [0.05, 0.1) is 0 Å². The van der Waals surface area contributed by atoms with Crippen LogP contribution in [-0.4, -0.2) is 0 Å². The maximum atomic E-state index is 2.36.